The molecule has 6 rings (SSSR count). The van der Waals surface area contributed by atoms with Crippen molar-refractivity contribution in [2.45, 2.75) is 18.8 Å². The van der Waals surface area contributed by atoms with Crippen LogP contribution in [-0.4, -0.2) is 16.1 Å². The highest BCUT2D eigenvalue weighted by Gasteiger charge is 2.30. The van der Waals surface area contributed by atoms with Gasteiger partial charge in [-0.05, 0) is 85.0 Å². The van der Waals surface area contributed by atoms with Crippen LogP contribution >= 0.6 is 0 Å². The number of furan rings is 1. The lowest BCUT2D eigenvalue weighted by Gasteiger charge is -2.08. The molecule has 5 heteroatoms. The summed E-state index contributed by atoms with van der Waals surface area (Å²) < 4.78 is 12.0. The van der Waals surface area contributed by atoms with Crippen molar-refractivity contribution >= 4 is 16.9 Å². The molecule has 3 aromatic carbocycles. The maximum atomic E-state index is 12.3. The summed E-state index contributed by atoms with van der Waals surface area (Å²) in [6.07, 6.45) is 4.13. The van der Waals surface area contributed by atoms with Gasteiger partial charge in [-0.15, -0.1) is 0 Å². The van der Waals surface area contributed by atoms with Crippen LogP contribution in [0.3, 0.4) is 0 Å². The number of aromatic nitrogens is 1. The number of carbonyl (C=O) groups is 1. The molecule has 33 heavy (non-hydrogen) atoms. The van der Waals surface area contributed by atoms with Crippen molar-refractivity contribution in [2.24, 2.45) is 0 Å². The molecule has 1 saturated carbocycles. The number of hydrogen-bond donors (Lipinski definition) is 2. The fourth-order valence-electron chi connectivity index (χ4n) is 4.34. The number of hydrogen-bond acceptors (Lipinski definition) is 3. The molecule has 5 nitrogen and oxygen atoms in total. The molecule has 1 aliphatic rings. The summed E-state index contributed by atoms with van der Waals surface area (Å²) in [4.78, 5) is 15.6. The molecule has 1 fully saturated rings. The van der Waals surface area contributed by atoms with Gasteiger partial charge >= 0.3 is 5.97 Å². The standard InChI is InChI=1S/C28H21NO4/c30-28(31)26-23-15-21(17-8-9-17)22(24-7-4-14-29-24)16-25(23)33-27(26)18-10-12-20(13-11-18)32-19-5-2-1-3-6-19/h1-7,10-17,29H,8-9H2,(H,30,31). The van der Waals surface area contributed by atoms with Gasteiger partial charge in [-0.2, -0.15) is 0 Å². The van der Waals surface area contributed by atoms with E-state index in [-0.39, 0.29) is 5.56 Å². The minimum Gasteiger partial charge on any atom is -0.478 e. The highest BCUT2D eigenvalue weighted by Crippen LogP contribution is 2.47. The molecule has 0 radical (unpaired) electrons. The number of para-hydroxylation sites is 1. The third kappa shape index (κ3) is 3.57. The smallest absolute Gasteiger partial charge is 0.340 e. The van der Waals surface area contributed by atoms with E-state index in [9.17, 15) is 9.90 Å². The van der Waals surface area contributed by atoms with Crippen molar-refractivity contribution < 1.29 is 19.1 Å². The second-order valence-electron chi connectivity index (χ2n) is 8.34. The van der Waals surface area contributed by atoms with E-state index in [1.54, 1.807) is 0 Å². The van der Waals surface area contributed by atoms with Crippen molar-refractivity contribution in [1.29, 1.82) is 0 Å². The van der Waals surface area contributed by atoms with Gasteiger partial charge in [0.15, 0.2) is 0 Å². The first-order valence-electron chi connectivity index (χ1n) is 11.0. The van der Waals surface area contributed by atoms with Gasteiger partial charge in [-0.1, -0.05) is 18.2 Å². The van der Waals surface area contributed by atoms with Crippen LogP contribution < -0.4 is 4.74 Å². The maximum Gasteiger partial charge on any atom is 0.340 e. The number of carboxylic acid groups (broad SMARTS) is 1. The zero-order valence-corrected chi connectivity index (χ0v) is 17.7. The Kier molecular flexibility index (Phi) is 4.54. The number of H-pyrrole nitrogens is 1. The van der Waals surface area contributed by atoms with E-state index in [2.05, 4.69) is 4.98 Å². The Morgan fingerprint density at radius 3 is 2.36 bits per heavy atom. The average Bonchev–Trinajstić information content (AvgIpc) is 3.38. The number of rotatable bonds is 6. The highest BCUT2D eigenvalue weighted by molar-refractivity contribution is 6.09. The SMILES string of the molecule is O=C(O)c1c(-c2ccc(Oc3ccccc3)cc2)oc2cc(-c3ccc[nH]3)c(C3CC3)cc12. The quantitative estimate of drug-likeness (QED) is 0.290. The molecule has 0 saturated heterocycles. The third-order valence-electron chi connectivity index (χ3n) is 6.07. The van der Waals surface area contributed by atoms with Crippen LogP contribution in [0.25, 0.3) is 33.6 Å². The molecular formula is C28H21NO4. The summed E-state index contributed by atoms with van der Waals surface area (Å²) in [7, 11) is 0. The zero-order chi connectivity index (χ0) is 22.4. The number of benzene rings is 3. The van der Waals surface area contributed by atoms with Gasteiger partial charge in [0.2, 0.25) is 0 Å². The lowest BCUT2D eigenvalue weighted by Crippen LogP contribution is -1.98. The molecule has 2 aromatic heterocycles. The van der Waals surface area contributed by atoms with Crippen LogP contribution in [0.1, 0.15) is 34.7 Å². The molecule has 1 aliphatic carbocycles. The minimum absolute atomic E-state index is 0.196. The lowest BCUT2D eigenvalue weighted by molar-refractivity contribution is 0.0699. The van der Waals surface area contributed by atoms with Gasteiger partial charge in [0.1, 0.15) is 28.4 Å². The molecular weight excluding hydrogens is 414 g/mol. The average molecular weight is 435 g/mol. The van der Waals surface area contributed by atoms with E-state index >= 15 is 0 Å². The Hall–Kier alpha value is -4.25. The zero-order valence-electron chi connectivity index (χ0n) is 17.7. The first-order chi connectivity index (χ1) is 16.2. The number of carboxylic acids is 1. The minimum atomic E-state index is -0.997. The van der Waals surface area contributed by atoms with Gasteiger partial charge in [0.25, 0.3) is 0 Å². The molecule has 0 bridgehead atoms. The Bertz CT molecular complexity index is 1440. The van der Waals surface area contributed by atoms with E-state index < -0.39 is 5.97 Å². The topological polar surface area (TPSA) is 75.5 Å². The summed E-state index contributed by atoms with van der Waals surface area (Å²) in [5.74, 6) is 1.23. The summed E-state index contributed by atoms with van der Waals surface area (Å²) >= 11 is 0. The number of nitrogens with one attached hydrogen (secondary N) is 1. The highest BCUT2D eigenvalue weighted by atomic mass is 16.5. The van der Waals surface area contributed by atoms with E-state index in [1.807, 2.05) is 85.1 Å². The fraction of sp³-hybridized carbons (Fsp3) is 0.107. The molecule has 162 valence electrons. The first-order valence-corrected chi connectivity index (χ1v) is 11.0. The number of aromatic amines is 1. The van der Waals surface area contributed by atoms with Gasteiger partial charge in [-0.25, -0.2) is 4.79 Å². The summed E-state index contributed by atoms with van der Waals surface area (Å²) in [6, 6.07) is 24.8. The number of aromatic carboxylic acids is 1. The lowest BCUT2D eigenvalue weighted by atomic mass is 9.96. The van der Waals surface area contributed by atoms with Crippen LogP contribution in [-0.2, 0) is 0 Å². The van der Waals surface area contributed by atoms with Crippen molar-refractivity contribution in [3.8, 4) is 34.1 Å². The number of fused-ring (bicyclic) bond motifs is 1. The summed E-state index contributed by atoms with van der Waals surface area (Å²) in [5.41, 5.74) is 4.71. The normalized spacial score (nSPS) is 13.3. The van der Waals surface area contributed by atoms with E-state index in [1.165, 1.54) is 5.56 Å². The third-order valence-corrected chi connectivity index (χ3v) is 6.07. The van der Waals surface area contributed by atoms with Crippen LogP contribution in [0, 0.1) is 0 Å². The second-order valence-corrected chi connectivity index (χ2v) is 8.34. The molecule has 2 N–H and O–H groups in total. The van der Waals surface area contributed by atoms with Crippen molar-refractivity contribution in [1.82, 2.24) is 4.98 Å². The maximum absolute atomic E-state index is 12.3. The van der Waals surface area contributed by atoms with E-state index in [0.717, 1.165) is 29.8 Å². The van der Waals surface area contributed by atoms with Gasteiger partial charge in [-0.3, -0.25) is 0 Å². The Labute approximate surface area is 190 Å². The number of ether oxygens (including phenoxy) is 1. The summed E-state index contributed by atoms with van der Waals surface area (Å²) in [6.45, 7) is 0. The van der Waals surface area contributed by atoms with Gasteiger partial charge < -0.3 is 19.2 Å². The predicted octanol–water partition coefficient (Wildman–Crippen LogP) is 7.46. The summed E-state index contributed by atoms with van der Waals surface area (Å²) in [5, 5.41) is 10.7. The molecule has 5 aromatic rings. The van der Waals surface area contributed by atoms with Crippen LogP contribution in [0.4, 0.5) is 0 Å². The predicted molar refractivity (Wildman–Crippen MR) is 127 cm³/mol. The molecule has 2 heterocycles. The second kappa shape index (κ2) is 7.71. The van der Waals surface area contributed by atoms with Crippen molar-refractivity contribution in [3.63, 3.8) is 0 Å². The molecule has 0 unspecified atom stereocenters. The van der Waals surface area contributed by atoms with E-state index in [4.69, 9.17) is 9.15 Å². The van der Waals surface area contributed by atoms with E-state index in [0.29, 0.717) is 34.0 Å². The Morgan fingerprint density at radius 2 is 1.70 bits per heavy atom. The monoisotopic (exact) mass is 435 g/mol. The Morgan fingerprint density at radius 1 is 0.939 bits per heavy atom. The Balaban J connectivity index is 1.44. The molecule has 0 spiro atoms. The van der Waals surface area contributed by atoms with Crippen molar-refractivity contribution in [3.05, 3.63) is 96.2 Å². The molecule has 0 amide bonds. The molecule has 0 atom stereocenters. The van der Waals surface area contributed by atoms with Crippen LogP contribution in [0.15, 0.2) is 89.5 Å². The van der Waals surface area contributed by atoms with Crippen LogP contribution in [0.2, 0.25) is 0 Å². The van der Waals surface area contributed by atoms with Crippen molar-refractivity contribution in [2.75, 3.05) is 0 Å². The van der Waals surface area contributed by atoms with Crippen LogP contribution in [0.5, 0.6) is 11.5 Å². The van der Waals surface area contributed by atoms with Gasteiger partial charge in [0, 0.05) is 28.4 Å². The van der Waals surface area contributed by atoms with Gasteiger partial charge in [0.05, 0.1) is 0 Å². The molecule has 0 aliphatic heterocycles. The fourth-order valence-corrected chi connectivity index (χ4v) is 4.34. The largest absolute Gasteiger partial charge is 0.478 e. The first kappa shape index (κ1) is 19.4.